The number of ether oxygens (including phenoxy) is 2. The number of nitrogens with zero attached hydrogens (tertiary/aromatic N) is 1. The maximum atomic E-state index is 16.2. The Bertz CT molecular complexity index is 1410. The summed E-state index contributed by atoms with van der Waals surface area (Å²) in [7, 11) is 0. The normalized spacial score (nSPS) is 28.6. The van der Waals surface area contributed by atoms with E-state index in [9.17, 15) is 24.6 Å². The van der Waals surface area contributed by atoms with Crippen molar-refractivity contribution in [3.63, 3.8) is 0 Å². The number of nitrogens with one attached hydrogen (secondary N) is 1. The van der Waals surface area contributed by atoms with Gasteiger partial charge in [-0.05, 0) is 57.0 Å². The SMILES string of the molecule is CC(C)OC(=O)[C@H](C)NP(=S)(OC[C@@]1(F)O[C@@H](N2C=CC(=O)CC2=O)[C@](C)(O)[C@@H]1O)Oc1cccc2ccccc12. The zero-order valence-corrected chi connectivity index (χ0v) is 24.6. The molecule has 1 amide bonds. The predicted octanol–water partition coefficient (Wildman–Crippen LogP) is 2.84. The van der Waals surface area contributed by atoms with Gasteiger partial charge in [-0.2, -0.15) is 0 Å². The Morgan fingerprint density at radius 3 is 2.61 bits per heavy atom. The standard InChI is InChI=1S/C27H32FN2O9PS/c1-16(2)37-23(33)17(3)29-40(41,39-21-11-7-9-18-8-5-6-10-20(18)21)36-15-27(28)24(34)26(4,35)25(38-27)30-13-12-19(31)14-22(30)32/h5-13,16-17,24-25,34-35H,14-15H2,1-4H3,(H,29,41)/t17-,24-,25+,26+,27+,40?/m0/s1. The average Bonchev–Trinajstić information content (AvgIpc) is 3.07. The van der Waals surface area contributed by atoms with Crippen LogP contribution in [0.15, 0.2) is 54.7 Å². The first-order valence-electron chi connectivity index (χ1n) is 12.8. The van der Waals surface area contributed by atoms with Crippen LogP contribution in [0, 0.1) is 0 Å². The molecule has 1 fully saturated rings. The Morgan fingerprint density at radius 2 is 1.93 bits per heavy atom. The molecule has 2 aliphatic heterocycles. The van der Waals surface area contributed by atoms with Crippen molar-refractivity contribution in [2.45, 2.75) is 70.0 Å². The highest BCUT2D eigenvalue weighted by atomic mass is 32.5. The number of carbonyl (C=O) groups is 3. The van der Waals surface area contributed by atoms with E-state index in [0.29, 0.717) is 11.1 Å². The Labute approximate surface area is 241 Å². The first kappa shape index (κ1) is 31.2. The highest BCUT2D eigenvalue weighted by Crippen LogP contribution is 2.50. The Morgan fingerprint density at radius 1 is 1.24 bits per heavy atom. The van der Waals surface area contributed by atoms with Crippen LogP contribution in [0.4, 0.5) is 4.39 Å². The third kappa shape index (κ3) is 6.67. The third-order valence-corrected chi connectivity index (χ3v) is 8.98. The highest BCUT2D eigenvalue weighted by molar-refractivity contribution is 8.09. The smallest absolute Gasteiger partial charge is 0.323 e. The highest BCUT2D eigenvalue weighted by Gasteiger charge is 2.65. The van der Waals surface area contributed by atoms with E-state index in [1.807, 2.05) is 18.2 Å². The van der Waals surface area contributed by atoms with Crippen molar-refractivity contribution in [1.29, 1.82) is 0 Å². The second-order valence-corrected chi connectivity index (χ2v) is 13.5. The lowest BCUT2D eigenvalue weighted by Crippen LogP contribution is -2.54. The van der Waals surface area contributed by atoms with E-state index < -0.39 is 73.3 Å². The molecule has 3 N–H and O–H groups in total. The number of ketones is 1. The lowest BCUT2D eigenvalue weighted by molar-refractivity contribution is -0.209. The van der Waals surface area contributed by atoms with E-state index in [1.54, 1.807) is 38.1 Å². The molecule has 0 aliphatic carbocycles. The zero-order valence-electron chi connectivity index (χ0n) is 22.9. The lowest BCUT2D eigenvalue weighted by atomic mass is 9.94. The van der Waals surface area contributed by atoms with Gasteiger partial charge >= 0.3 is 12.6 Å². The van der Waals surface area contributed by atoms with Crippen LogP contribution in [0.2, 0.25) is 0 Å². The summed E-state index contributed by atoms with van der Waals surface area (Å²) in [6.45, 7) is 1.07. The van der Waals surface area contributed by atoms with E-state index >= 15 is 4.39 Å². The molecule has 0 spiro atoms. The van der Waals surface area contributed by atoms with Crippen LogP contribution in [0.3, 0.4) is 0 Å². The van der Waals surface area contributed by atoms with Gasteiger partial charge in [0.25, 0.3) is 5.85 Å². The van der Waals surface area contributed by atoms with E-state index in [-0.39, 0.29) is 0 Å². The molecule has 41 heavy (non-hydrogen) atoms. The Balaban J connectivity index is 1.61. The van der Waals surface area contributed by atoms with E-state index in [4.69, 9.17) is 30.3 Å². The second kappa shape index (κ2) is 11.8. The minimum atomic E-state index is -3.80. The number of esters is 1. The number of allylic oxidation sites excluding steroid dienone is 1. The van der Waals surface area contributed by atoms with Crippen molar-refractivity contribution in [1.82, 2.24) is 9.99 Å². The molecule has 4 rings (SSSR count). The molecule has 1 unspecified atom stereocenters. The fourth-order valence-corrected chi connectivity index (χ4v) is 6.84. The molecule has 14 heteroatoms. The molecule has 0 radical (unpaired) electrons. The first-order chi connectivity index (χ1) is 19.1. The topological polar surface area (TPSA) is 144 Å². The summed E-state index contributed by atoms with van der Waals surface area (Å²) in [6.07, 6.45) is -2.67. The summed E-state index contributed by atoms with van der Waals surface area (Å²) in [6, 6.07) is 11.5. The van der Waals surface area contributed by atoms with E-state index in [2.05, 4.69) is 5.09 Å². The summed E-state index contributed by atoms with van der Waals surface area (Å²) >= 11 is 5.69. The number of amides is 1. The molecule has 2 aromatic rings. The van der Waals surface area contributed by atoms with Gasteiger partial charge in [0, 0.05) is 11.6 Å². The number of carbonyl (C=O) groups excluding carboxylic acids is 3. The third-order valence-electron chi connectivity index (χ3n) is 6.51. The molecular weight excluding hydrogens is 578 g/mol. The number of alkyl halides is 1. The monoisotopic (exact) mass is 610 g/mol. The maximum Gasteiger partial charge on any atom is 0.323 e. The summed E-state index contributed by atoms with van der Waals surface area (Å²) in [4.78, 5) is 37.4. The molecule has 11 nitrogen and oxygen atoms in total. The number of rotatable bonds is 10. The van der Waals surface area contributed by atoms with Crippen molar-refractivity contribution >= 4 is 46.9 Å². The van der Waals surface area contributed by atoms with Gasteiger partial charge in [-0.25, -0.2) is 9.48 Å². The van der Waals surface area contributed by atoms with E-state index in [0.717, 1.165) is 29.5 Å². The first-order valence-corrected chi connectivity index (χ1v) is 15.5. The minimum Gasteiger partial charge on any atom is -0.462 e. The van der Waals surface area contributed by atoms with Crippen molar-refractivity contribution in [3.05, 3.63) is 54.7 Å². The fraction of sp³-hybridized carbons (Fsp3) is 0.444. The number of aliphatic hydroxyl groups is 2. The maximum absolute atomic E-state index is 16.2. The van der Waals surface area contributed by atoms with Crippen molar-refractivity contribution in [2.75, 3.05) is 6.61 Å². The number of aliphatic hydroxyl groups excluding tert-OH is 1. The predicted molar refractivity (Wildman–Crippen MR) is 150 cm³/mol. The Kier molecular flexibility index (Phi) is 9.01. The van der Waals surface area contributed by atoms with Gasteiger partial charge in [0.15, 0.2) is 12.0 Å². The molecule has 2 heterocycles. The van der Waals surface area contributed by atoms with Crippen LogP contribution in [-0.2, 0) is 40.2 Å². The average molecular weight is 611 g/mol. The zero-order chi connectivity index (χ0) is 30.2. The fourth-order valence-electron chi connectivity index (χ4n) is 4.44. The number of fused-ring (bicyclic) bond motifs is 1. The largest absolute Gasteiger partial charge is 0.462 e. The molecule has 1 saturated heterocycles. The van der Waals surface area contributed by atoms with Gasteiger partial charge in [0.2, 0.25) is 5.91 Å². The van der Waals surface area contributed by atoms with Gasteiger partial charge in [-0.3, -0.25) is 19.3 Å². The second-order valence-electron chi connectivity index (χ2n) is 10.3. The Hall–Kier alpha value is -2.77. The van der Waals surface area contributed by atoms with Gasteiger partial charge < -0.3 is 28.7 Å². The molecule has 0 saturated carbocycles. The minimum absolute atomic E-state index is 0.294. The molecule has 0 bridgehead atoms. The van der Waals surface area contributed by atoms with Crippen molar-refractivity contribution < 1.29 is 47.5 Å². The van der Waals surface area contributed by atoms with E-state index in [1.165, 1.54) is 6.92 Å². The summed E-state index contributed by atoms with van der Waals surface area (Å²) in [5, 5.41) is 26.1. The summed E-state index contributed by atoms with van der Waals surface area (Å²) in [5.41, 5.74) is -2.31. The number of halogens is 1. The lowest BCUT2D eigenvalue weighted by Gasteiger charge is -2.34. The number of hydrogen-bond donors (Lipinski definition) is 3. The van der Waals surface area contributed by atoms with Gasteiger partial charge in [-0.1, -0.05) is 36.4 Å². The summed E-state index contributed by atoms with van der Waals surface area (Å²) < 4.78 is 38.7. The summed E-state index contributed by atoms with van der Waals surface area (Å²) in [5.74, 6) is -4.65. The quantitative estimate of drug-likeness (QED) is 0.208. The number of hydrogen-bond acceptors (Lipinski definition) is 10. The van der Waals surface area contributed by atoms with Crippen LogP contribution in [0.5, 0.6) is 5.75 Å². The van der Waals surface area contributed by atoms with Crippen molar-refractivity contribution in [2.24, 2.45) is 0 Å². The van der Waals surface area contributed by atoms with Crippen LogP contribution in [0.1, 0.15) is 34.1 Å². The molecule has 6 atom stereocenters. The van der Waals surface area contributed by atoms with Crippen LogP contribution in [-0.4, -0.2) is 75.3 Å². The van der Waals surface area contributed by atoms with Crippen LogP contribution in [0.25, 0.3) is 10.8 Å². The molecule has 2 aromatic carbocycles. The molecular formula is C27H32FN2O9PS. The van der Waals surface area contributed by atoms with Gasteiger partial charge in [0.05, 0.1) is 12.5 Å². The van der Waals surface area contributed by atoms with Crippen LogP contribution < -0.4 is 9.61 Å². The number of benzene rings is 2. The molecule has 0 aromatic heterocycles. The van der Waals surface area contributed by atoms with Gasteiger partial charge in [-0.15, -0.1) is 0 Å². The van der Waals surface area contributed by atoms with Crippen molar-refractivity contribution in [3.8, 4) is 5.75 Å². The van der Waals surface area contributed by atoms with Gasteiger partial charge in [0.1, 0.15) is 30.1 Å². The van der Waals surface area contributed by atoms with Crippen LogP contribution >= 0.6 is 6.64 Å². The molecule has 2 aliphatic rings. The molecule has 222 valence electrons.